The van der Waals surface area contributed by atoms with E-state index in [-0.39, 0.29) is 24.8 Å². The molecule has 5 atom stereocenters. The molecule has 1 aliphatic heterocycles. The molecule has 2 aliphatic rings. The molecule has 10 heteroatoms. The Bertz CT molecular complexity index is 1070. The summed E-state index contributed by atoms with van der Waals surface area (Å²) < 4.78 is 5.24. The number of halogens is 1. The molecule has 1 heterocycles. The lowest BCUT2D eigenvalue weighted by molar-refractivity contribution is -0.136. The first-order valence-corrected chi connectivity index (χ1v) is 15.0. The van der Waals surface area contributed by atoms with E-state index in [1.54, 1.807) is 32.9 Å². The average Bonchev–Trinajstić information content (AvgIpc) is 3.25. The van der Waals surface area contributed by atoms with E-state index in [4.69, 9.17) is 16.3 Å². The molecule has 0 radical (unpaired) electrons. The van der Waals surface area contributed by atoms with Crippen molar-refractivity contribution in [3.63, 3.8) is 0 Å². The van der Waals surface area contributed by atoms with Gasteiger partial charge in [0.05, 0.1) is 23.2 Å². The zero-order chi connectivity index (χ0) is 30.6. The quantitative estimate of drug-likeness (QED) is 0.302. The molecule has 2 fully saturated rings. The van der Waals surface area contributed by atoms with E-state index in [1.165, 1.54) is 0 Å². The number of carbonyl (C=O) groups excluding carboxylic acids is 3. The van der Waals surface area contributed by atoms with Crippen LogP contribution in [0.5, 0.6) is 0 Å². The Kier molecular flexibility index (Phi) is 10.5. The molecule has 4 N–H and O–H groups in total. The molecule has 3 rings (SSSR count). The number of nitrogens with one attached hydrogen (secondary N) is 2. The van der Waals surface area contributed by atoms with Crippen molar-refractivity contribution in [2.75, 3.05) is 26.2 Å². The molecule has 1 saturated heterocycles. The fraction of sp³-hybridized carbons (Fsp3) is 0.710. The highest BCUT2D eigenvalue weighted by Crippen LogP contribution is 2.46. The number of ether oxygens (including phenoxy) is 1. The van der Waals surface area contributed by atoms with Gasteiger partial charge in [0.2, 0.25) is 5.91 Å². The van der Waals surface area contributed by atoms with Gasteiger partial charge in [0.25, 0.3) is 0 Å². The fourth-order valence-corrected chi connectivity index (χ4v) is 6.49. The SMILES string of the molecule is C[C@@H](CN1CC[C@](O)(c2ccc(Cl)cc2)C(C)(C)C1)C(C=O)NC(=O)C1CCCC1(O)CCNC(=O)OC(C)(C)C. The molecule has 230 valence electrons. The largest absolute Gasteiger partial charge is 0.444 e. The number of alkyl carbamates (subject to hydrolysis) is 1. The summed E-state index contributed by atoms with van der Waals surface area (Å²) in [5.74, 6) is -1.19. The minimum Gasteiger partial charge on any atom is -0.444 e. The van der Waals surface area contributed by atoms with Crippen LogP contribution in [0.2, 0.25) is 5.02 Å². The van der Waals surface area contributed by atoms with Gasteiger partial charge in [-0.2, -0.15) is 0 Å². The van der Waals surface area contributed by atoms with Crippen LogP contribution in [0.3, 0.4) is 0 Å². The van der Waals surface area contributed by atoms with E-state index in [2.05, 4.69) is 15.5 Å². The third-order valence-electron chi connectivity index (χ3n) is 8.76. The summed E-state index contributed by atoms with van der Waals surface area (Å²) in [5.41, 5.74) is -2.53. The van der Waals surface area contributed by atoms with Crippen molar-refractivity contribution in [1.29, 1.82) is 0 Å². The van der Waals surface area contributed by atoms with Crippen LogP contribution in [-0.4, -0.2) is 76.8 Å². The Morgan fingerprint density at radius 2 is 1.85 bits per heavy atom. The number of piperidine rings is 1. The van der Waals surface area contributed by atoms with Crippen LogP contribution in [0.1, 0.15) is 79.2 Å². The molecule has 1 aliphatic carbocycles. The van der Waals surface area contributed by atoms with Gasteiger partial charge in [-0.15, -0.1) is 0 Å². The zero-order valence-corrected chi connectivity index (χ0v) is 26.1. The van der Waals surface area contributed by atoms with Gasteiger partial charge < -0.3 is 35.3 Å². The predicted octanol–water partition coefficient (Wildman–Crippen LogP) is 4.03. The van der Waals surface area contributed by atoms with Crippen molar-refractivity contribution in [3.8, 4) is 0 Å². The van der Waals surface area contributed by atoms with Gasteiger partial charge in [0.15, 0.2) is 0 Å². The van der Waals surface area contributed by atoms with E-state index in [1.807, 2.05) is 32.9 Å². The van der Waals surface area contributed by atoms with Crippen LogP contribution in [-0.2, 0) is 19.9 Å². The predicted molar refractivity (Wildman–Crippen MR) is 158 cm³/mol. The second kappa shape index (κ2) is 13.0. The molecule has 0 spiro atoms. The van der Waals surface area contributed by atoms with Crippen LogP contribution in [0, 0.1) is 17.3 Å². The van der Waals surface area contributed by atoms with E-state index < -0.39 is 40.3 Å². The summed E-state index contributed by atoms with van der Waals surface area (Å²) in [7, 11) is 0. The van der Waals surface area contributed by atoms with Crippen LogP contribution < -0.4 is 10.6 Å². The lowest BCUT2D eigenvalue weighted by atomic mass is 9.66. The topological polar surface area (TPSA) is 128 Å². The summed E-state index contributed by atoms with van der Waals surface area (Å²) in [4.78, 5) is 39.6. The number of hydrogen-bond donors (Lipinski definition) is 4. The Hall–Kier alpha value is -2.20. The second-order valence-corrected chi connectivity index (χ2v) is 14.0. The van der Waals surface area contributed by atoms with Gasteiger partial charge in [-0.3, -0.25) is 4.79 Å². The Labute approximate surface area is 249 Å². The molecule has 9 nitrogen and oxygen atoms in total. The molecule has 0 bridgehead atoms. The minimum atomic E-state index is -1.27. The molecular formula is C31H48ClN3O6. The van der Waals surface area contributed by atoms with Gasteiger partial charge in [-0.05, 0) is 76.5 Å². The van der Waals surface area contributed by atoms with E-state index in [9.17, 15) is 24.6 Å². The summed E-state index contributed by atoms with van der Waals surface area (Å²) in [6.45, 7) is 13.3. The first kappa shape index (κ1) is 33.3. The Morgan fingerprint density at radius 1 is 1.20 bits per heavy atom. The Morgan fingerprint density at radius 3 is 2.44 bits per heavy atom. The van der Waals surface area contributed by atoms with Crippen molar-refractivity contribution in [2.24, 2.45) is 17.3 Å². The van der Waals surface area contributed by atoms with Gasteiger partial charge in [-0.25, -0.2) is 4.79 Å². The van der Waals surface area contributed by atoms with Crippen LogP contribution in [0.25, 0.3) is 0 Å². The molecule has 1 aromatic rings. The van der Waals surface area contributed by atoms with Gasteiger partial charge in [0, 0.05) is 36.6 Å². The molecule has 1 aromatic carbocycles. The van der Waals surface area contributed by atoms with Gasteiger partial charge >= 0.3 is 6.09 Å². The minimum absolute atomic E-state index is 0.176. The molecule has 3 unspecified atom stereocenters. The van der Waals surface area contributed by atoms with E-state index in [0.29, 0.717) is 50.3 Å². The van der Waals surface area contributed by atoms with Crippen molar-refractivity contribution in [2.45, 2.75) is 96.5 Å². The summed E-state index contributed by atoms with van der Waals surface area (Å²) in [6.07, 6.45) is 2.58. The number of likely N-dealkylation sites (tertiary alicyclic amines) is 1. The molecule has 41 heavy (non-hydrogen) atoms. The van der Waals surface area contributed by atoms with Crippen molar-refractivity contribution < 1.29 is 29.3 Å². The first-order valence-electron chi connectivity index (χ1n) is 14.7. The number of carbonyl (C=O) groups is 3. The number of benzene rings is 1. The van der Waals surface area contributed by atoms with Crippen molar-refractivity contribution in [1.82, 2.24) is 15.5 Å². The second-order valence-electron chi connectivity index (χ2n) is 13.6. The highest BCUT2D eigenvalue weighted by atomic mass is 35.5. The lowest BCUT2D eigenvalue weighted by Crippen LogP contribution is -2.57. The number of aldehydes is 1. The zero-order valence-electron chi connectivity index (χ0n) is 25.3. The maximum absolute atomic E-state index is 13.3. The standard InChI is InChI=1S/C31H48ClN3O6/c1-21(18-35-17-15-31(40,29(5,6)20-35)22-9-11-23(32)12-10-22)25(19-36)34-26(37)24-8-7-13-30(24,39)14-16-33-27(38)41-28(2,3)4/h9-12,19,21,24-25,39-40H,7-8,13-18,20H2,1-6H3,(H,33,38)(H,34,37)/t21-,24?,25?,30?,31-/m0/s1. The number of amides is 2. The monoisotopic (exact) mass is 593 g/mol. The van der Waals surface area contributed by atoms with Crippen molar-refractivity contribution in [3.05, 3.63) is 34.9 Å². The highest BCUT2D eigenvalue weighted by molar-refractivity contribution is 6.30. The third-order valence-corrected chi connectivity index (χ3v) is 9.01. The number of hydrogen-bond acceptors (Lipinski definition) is 7. The van der Waals surface area contributed by atoms with Crippen LogP contribution >= 0.6 is 11.6 Å². The van der Waals surface area contributed by atoms with Crippen LogP contribution in [0.15, 0.2) is 24.3 Å². The maximum atomic E-state index is 13.3. The van der Waals surface area contributed by atoms with Gasteiger partial charge in [0.1, 0.15) is 11.9 Å². The average molecular weight is 594 g/mol. The first-order chi connectivity index (χ1) is 19.0. The third kappa shape index (κ3) is 8.21. The molecule has 2 amide bonds. The number of aliphatic hydroxyl groups is 2. The smallest absolute Gasteiger partial charge is 0.407 e. The van der Waals surface area contributed by atoms with Crippen molar-refractivity contribution >= 4 is 29.9 Å². The molecular weight excluding hydrogens is 546 g/mol. The van der Waals surface area contributed by atoms with Crippen LogP contribution in [0.4, 0.5) is 4.79 Å². The number of nitrogens with zero attached hydrogens (tertiary/aromatic N) is 1. The molecule has 0 aromatic heterocycles. The maximum Gasteiger partial charge on any atom is 0.407 e. The van der Waals surface area contributed by atoms with E-state index in [0.717, 1.165) is 11.8 Å². The van der Waals surface area contributed by atoms with E-state index >= 15 is 0 Å². The Balaban J connectivity index is 1.56. The lowest BCUT2D eigenvalue weighted by Gasteiger charge is -2.51. The summed E-state index contributed by atoms with van der Waals surface area (Å²) >= 11 is 6.05. The summed E-state index contributed by atoms with van der Waals surface area (Å²) in [6, 6.07) is 6.61. The fourth-order valence-electron chi connectivity index (χ4n) is 6.36. The van der Waals surface area contributed by atoms with Gasteiger partial charge in [-0.1, -0.05) is 44.5 Å². The summed E-state index contributed by atoms with van der Waals surface area (Å²) in [5, 5.41) is 29.1. The highest BCUT2D eigenvalue weighted by Gasteiger charge is 2.49. The molecule has 1 saturated carbocycles. The normalized spacial score (nSPS) is 28.0. The number of rotatable bonds is 10.